The lowest BCUT2D eigenvalue weighted by Gasteiger charge is -2.20. The Morgan fingerprint density at radius 1 is 1.24 bits per heavy atom. The molecule has 1 fully saturated rings. The second-order valence-corrected chi connectivity index (χ2v) is 9.23. The van der Waals surface area contributed by atoms with Gasteiger partial charge in [0.05, 0.1) is 13.2 Å². The number of carbonyl (C=O) groups excluding carboxylic acids is 2. The molecule has 5 heteroatoms. The standard InChI is InChI=1S/C24H40O4S/c1-4-6-9-12-19(25)15-16-21-20(22(26)18-23(21)29-17-5-2)13-10-7-8-11-14-24(27)28-3/h7,10,15-16,19-21,23,25H,4-6,8-9,11-14,17-18H2,1-3H3/b10-7-,16-15+/t19-,20+,21+,23?/m0/s1. The average Bonchev–Trinajstić information content (AvgIpc) is 3.01. The molecule has 0 spiro atoms. The van der Waals surface area contributed by atoms with E-state index in [-0.39, 0.29) is 17.8 Å². The van der Waals surface area contributed by atoms with Gasteiger partial charge in [-0.3, -0.25) is 9.59 Å². The summed E-state index contributed by atoms with van der Waals surface area (Å²) in [5.41, 5.74) is 0. The molecule has 0 heterocycles. The topological polar surface area (TPSA) is 63.6 Å². The summed E-state index contributed by atoms with van der Waals surface area (Å²) in [6.07, 6.45) is 16.4. The Hall–Kier alpha value is -1.07. The molecule has 0 aromatic rings. The molecule has 4 atom stereocenters. The number of methoxy groups -OCH3 is 1. The highest BCUT2D eigenvalue weighted by atomic mass is 32.2. The van der Waals surface area contributed by atoms with Crippen LogP contribution < -0.4 is 0 Å². The third-order valence-electron chi connectivity index (χ3n) is 5.44. The largest absolute Gasteiger partial charge is 0.469 e. The number of hydrogen-bond donors (Lipinski definition) is 1. The molecule has 0 amide bonds. The highest BCUT2D eigenvalue weighted by Crippen LogP contribution is 2.40. The lowest BCUT2D eigenvalue weighted by Crippen LogP contribution is -2.17. The number of rotatable bonds is 15. The maximum atomic E-state index is 12.7. The Morgan fingerprint density at radius 3 is 2.72 bits per heavy atom. The minimum absolute atomic E-state index is 0.000282. The molecule has 0 aromatic heterocycles. The number of ketones is 1. The number of carbonyl (C=O) groups is 2. The predicted molar refractivity (Wildman–Crippen MR) is 122 cm³/mol. The van der Waals surface area contributed by atoms with E-state index in [2.05, 4.69) is 36.8 Å². The Kier molecular flexibility index (Phi) is 14.1. The number of esters is 1. The summed E-state index contributed by atoms with van der Waals surface area (Å²) in [4.78, 5) is 23.8. The molecule has 1 aliphatic rings. The van der Waals surface area contributed by atoms with Crippen molar-refractivity contribution in [3.8, 4) is 0 Å². The van der Waals surface area contributed by atoms with Crippen LogP contribution in [0.5, 0.6) is 0 Å². The molecule has 4 nitrogen and oxygen atoms in total. The number of allylic oxidation sites excluding steroid dienone is 3. The minimum atomic E-state index is -0.413. The molecule has 1 rings (SSSR count). The molecule has 0 saturated heterocycles. The zero-order chi connectivity index (χ0) is 21.5. The fraction of sp³-hybridized carbons (Fsp3) is 0.750. The van der Waals surface area contributed by atoms with Gasteiger partial charge in [0.15, 0.2) is 0 Å². The molecule has 1 unspecified atom stereocenters. The first kappa shape index (κ1) is 26.0. The van der Waals surface area contributed by atoms with Crippen LogP contribution in [-0.4, -0.2) is 41.1 Å². The van der Waals surface area contributed by atoms with E-state index in [0.717, 1.165) is 57.1 Å². The summed E-state index contributed by atoms with van der Waals surface area (Å²) in [7, 11) is 1.41. The summed E-state index contributed by atoms with van der Waals surface area (Å²) in [5.74, 6) is 1.42. The maximum Gasteiger partial charge on any atom is 0.305 e. The van der Waals surface area contributed by atoms with Crippen molar-refractivity contribution in [1.29, 1.82) is 0 Å². The molecule has 0 radical (unpaired) electrons. The summed E-state index contributed by atoms with van der Waals surface area (Å²) in [6.45, 7) is 4.33. The number of hydrogen-bond acceptors (Lipinski definition) is 5. The number of aliphatic hydroxyl groups is 1. The van der Waals surface area contributed by atoms with Crippen LogP contribution in [0.4, 0.5) is 0 Å². The van der Waals surface area contributed by atoms with E-state index in [1.807, 2.05) is 17.8 Å². The Bertz CT molecular complexity index is 529. The number of thioether (sulfide) groups is 1. The van der Waals surface area contributed by atoms with Gasteiger partial charge in [-0.1, -0.05) is 57.4 Å². The van der Waals surface area contributed by atoms with Gasteiger partial charge >= 0.3 is 5.97 Å². The van der Waals surface area contributed by atoms with Crippen LogP contribution in [0, 0.1) is 11.8 Å². The van der Waals surface area contributed by atoms with Gasteiger partial charge in [0.25, 0.3) is 0 Å². The minimum Gasteiger partial charge on any atom is -0.469 e. The van der Waals surface area contributed by atoms with E-state index in [1.165, 1.54) is 7.11 Å². The van der Waals surface area contributed by atoms with Crippen LogP contribution in [0.2, 0.25) is 0 Å². The van der Waals surface area contributed by atoms with Crippen LogP contribution in [0.3, 0.4) is 0 Å². The van der Waals surface area contributed by atoms with E-state index < -0.39 is 6.10 Å². The first-order chi connectivity index (χ1) is 14.0. The second kappa shape index (κ2) is 15.7. The van der Waals surface area contributed by atoms with Crippen LogP contribution >= 0.6 is 11.8 Å². The van der Waals surface area contributed by atoms with Gasteiger partial charge in [-0.15, -0.1) is 0 Å². The number of aliphatic hydroxyl groups excluding tert-OH is 1. The van der Waals surface area contributed by atoms with Crippen LogP contribution in [0.15, 0.2) is 24.3 Å². The van der Waals surface area contributed by atoms with Crippen molar-refractivity contribution in [2.24, 2.45) is 11.8 Å². The summed E-state index contributed by atoms with van der Waals surface area (Å²) in [5, 5.41) is 10.6. The average molecular weight is 425 g/mol. The molecule has 29 heavy (non-hydrogen) atoms. The summed E-state index contributed by atoms with van der Waals surface area (Å²) in [6, 6.07) is 0. The van der Waals surface area contributed by atoms with Crippen molar-refractivity contribution < 1.29 is 19.4 Å². The van der Waals surface area contributed by atoms with Crippen molar-refractivity contribution in [1.82, 2.24) is 0 Å². The van der Waals surface area contributed by atoms with Gasteiger partial charge < -0.3 is 9.84 Å². The third-order valence-corrected chi connectivity index (χ3v) is 6.99. The first-order valence-corrected chi connectivity index (χ1v) is 12.3. The number of Topliss-reactive ketones (excluding diaryl/α,β-unsaturated/α-hetero) is 1. The molecule has 0 aliphatic heterocycles. The van der Waals surface area contributed by atoms with Crippen molar-refractivity contribution in [2.75, 3.05) is 12.9 Å². The lowest BCUT2D eigenvalue weighted by atomic mass is 9.91. The Labute approximate surface area is 181 Å². The van der Waals surface area contributed by atoms with E-state index in [9.17, 15) is 14.7 Å². The van der Waals surface area contributed by atoms with Gasteiger partial charge in [0, 0.05) is 24.0 Å². The van der Waals surface area contributed by atoms with Gasteiger partial charge in [-0.05, 0) is 43.8 Å². The predicted octanol–water partition coefficient (Wildman–Crippen LogP) is 5.49. The van der Waals surface area contributed by atoms with Gasteiger partial charge in [0.1, 0.15) is 5.78 Å². The van der Waals surface area contributed by atoms with Crippen molar-refractivity contribution in [2.45, 2.75) is 89.4 Å². The van der Waals surface area contributed by atoms with Crippen LogP contribution in [0.1, 0.15) is 78.1 Å². The first-order valence-electron chi connectivity index (χ1n) is 11.3. The highest BCUT2D eigenvalue weighted by molar-refractivity contribution is 7.99. The zero-order valence-corrected chi connectivity index (χ0v) is 19.3. The summed E-state index contributed by atoms with van der Waals surface area (Å²) >= 11 is 1.90. The van der Waals surface area contributed by atoms with Crippen molar-refractivity contribution >= 4 is 23.5 Å². The van der Waals surface area contributed by atoms with Crippen molar-refractivity contribution in [3.05, 3.63) is 24.3 Å². The molecule has 0 aromatic carbocycles. The van der Waals surface area contributed by atoms with E-state index in [4.69, 9.17) is 0 Å². The third kappa shape index (κ3) is 10.5. The molecule has 1 saturated carbocycles. The fourth-order valence-corrected chi connectivity index (χ4v) is 5.05. The maximum absolute atomic E-state index is 12.7. The van der Waals surface area contributed by atoms with Crippen LogP contribution in [0.25, 0.3) is 0 Å². The number of ether oxygens (including phenoxy) is 1. The van der Waals surface area contributed by atoms with Crippen molar-refractivity contribution in [3.63, 3.8) is 0 Å². The molecular formula is C24H40O4S. The molecular weight excluding hydrogens is 384 g/mol. The van der Waals surface area contributed by atoms with Gasteiger partial charge in [-0.25, -0.2) is 0 Å². The Balaban J connectivity index is 2.63. The highest BCUT2D eigenvalue weighted by Gasteiger charge is 2.40. The fourth-order valence-electron chi connectivity index (χ4n) is 3.73. The zero-order valence-electron chi connectivity index (χ0n) is 18.5. The smallest absolute Gasteiger partial charge is 0.305 e. The van der Waals surface area contributed by atoms with Gasteiger partial charge in [0.2, 0.25) is 0 Å². The second-order valence-electron chi connectivity index (χ2n) is 7.89. The van der Waals surface area contributed by atoms with E-state index in [1.54, 1.807) is 0 Å². The Morgan fingerprint density at radius 2 is 2.03 bits per heavy atom. The molecule has 1 aliphatic carbocycles. The van der Waals surface area contributed by atoms with Crippen LogP contribution in [-0.2, 0) is 14.3 Å². The molecule has 166 valence electrons. The quantitative estimate of drug-likeness (QED) is 0.214. The van der Waals surface area contributed by atoms with Gasteiger partial charge in [-0.2, -0.15) is 11.8 Å². The monoisotopic (exact) mass is 424 g/mol. The van der Waals surface area contributed by atoms with E-state index >= 15 is 0 Å². The molecule has 0 bridgehead atoms. The summed E-state index contributed by atoms with van der Waals surface area (Å²) < 4.78 is 4.65. The lowest BCUT2D eigenvalue weighted by molar-refractivity contribution is -0.140. The normalized spacial score (nSPS) is 23.3. The molecule has 1 N–H and O–H groups in total. The SMILES string of the molecule is CCCCC[C@H](O)/C=C/[C@H]1C(SCCC)CC(=O)[C@@H]1C/C=C\CCCC(=O)OC. The number of unbranched alkanes of at least 4 members (excludes halogenated alkanes) is 3. The van der Waals surface area contributed by atoms with E-state index in [0.29, 0.717) is 23.9 Å².